The van der Waals surface area contributed by atoms with Gasteiger partial charge in [-0.1, -0.05) is 33.6 Å². The van der Waals surface area contributed by atoms with Crippen LogP contribution in [-0.2, 0) is 19.1 Å². The molecule has 2 bridgehead atoms. The largest absolute Gasteiger partial charge is 0.444 e. The van der Waals surface area contributed by atoms with E-state index < -0.39 is 23.8 Å². The van der Waals surface area contributed by atoms with Crippen molar-refractivity contribution in [1.29, 1.82) is 0 Å². The van der Waals surface area contributed by atoms with E-state index in [0.29, 0.717) is 6.42 Å². The summed E-state index contributed by atoms with van der Waals surface area (Å²) in [5, 5.41) is 8.40. The van der Waals surface area contributed by atoms with Gasteiger partial charge in [0.1, 0.15) is 17.7 Å². The van der Waals surface area contributed by atoms with Gasteiger partial charge in [0.2, 0.25) is 17.7 Å². The van der Waals surface area contributed by atoms with Gasteiger partial charge in [0, 0.05) is 25.0 Å². The summed E-state index contributed by atoms with van der Waals surface area (Å²) in [5.41, 5.74) is -0.630. The molecule has 0 aromatic heterocycles. The number of rotatable bonds is 7. The Kier molecular flexibility index (Phi) is 13.3. The van der Waals surface area contributed by atoms with E-state index in [0.717, 1.165) is 51.5 Å². The van der Waals surface area contributed by atoms with Crippen molar-refractivity contribution in [2.45, 2.75) is 137 Å². The lowest BCUT2D eigenvalue weighted by Crippen LogP contribution is -2.58. The van der Waals surface area contributed by atoms with E-state index in [4.69, 9.17) is 4.74 Å². The van der Waals surface area contributed by atoms with Crippen LogP contribution in [0.2, 0.25) is 0 Å². The van der Waals surface area contributed by atoms with Crippen molar-refractivity contribution < 1.29 is 23.9 Å². The van der Waals surface area contributed by atoms with Crippen LogP contribution in [-0.4, -0.2) is 65.0 Å². The minimum atomic E-state index is -0.663. The Morgan fingerprint density at radius 2 is 1.81 bits per heavy atom. The maximum absolute atomic E-state index is 13.4. The van der Waals surface area contributed by atoms with E-state index in [1.54, 1.807) is 25.7 Å². The highest BCUT2D eigenvalue weighted by Gasteiger charge is 2.52. The number of carbonyl (C=O) groups excluding carboxylic acids is 4. The average Bonchev–Trinajstić information content (AvgIpc) is 3.54. The molecule has 0 radical (unpaired) electrons. The van der Waals surface area contributed by atoms with Gasteiger partial charge in [-0.25, -0.2) is 4.79 Å². The van der Waals surface area contributed by atoms with Gasteiger partial charge >= 0.3 is 6.09 Å². The standard InChI is InChI=1S/C21H37N3O4.C4H7NO.C2H6/c1-7-8-9-16(23-20(27)28-21(4,5)6)19(26)24-15-11-10-14(12-15)17(24)18(25)22-13(2)3;6-4-2-1-3-5-4;1-2/h13-17H,7-12H2,1-6H3,(H,22,25)(H,23,27);1-3H2,(H,5,6);1-2H3/t14?,15?,16-,17?;;/m0../s1. The number of hydrogen-bond acceptors (Lipinski definition) is 5. The molecule has 3 N–H and O–H groups in total. The predicted octanol–water partition coefficient (Wildman–Crippen LogP) is 3.90. The maximum Gasteiger partial charge on any atom is 0.408 e. The Labute approximate surface area is 217 Å². The Morgan fingerprint density at radius 3 is 2.28 bits per heavy atom. The first kappa shape index (κ1) is 31.7. The van der Waals surface area contributed by atoms with Crippen molar-refractivity contribution in [3.05, 3.63) is 0 Å². The second kappa shape index (κ2) is 15.1. The molecule has 0 spiro atoms. The number of amides is 4. The fraction of sp³-hybridized carbons (Fsp3) is 0.852. The Balaban J connectivity index is 0.000000694. The molecule has 2 heterocycles. The van der Waals surface area contributed by atoms with Crippen LogP contribution in [0.15, 0.2) is 0 Å². The number of likely N-dealkylation sites (tertiary alicyclic amines) is 1. The molecule has 3 aliphatic rings. The number of alkyl carbamates (subject to hydrolysis) is 1. The number of nitrogens with zero attached hydrogens (tertiary/aromatic N) is 1. The van der Waals surface area contributed by atoms with Gasteiger partial charge in [-0.3, -0.25) is 14.4 Å². The zero-order valence-corrected chi connectivity index (χ0v) is 23.7. The maximum atomic E-state index is 13.4. The summed E-state index contributed by atoms with van der Waals surface area (Å²) in [6, 6.07) is -0.981. The topological polar surface area (TPSA) is 117 Å². The normalized spacial score (nSPS) is 23.1. The molecule has 9 heteroatoms. The van der Waals surface area contributed by atoms with Crippen molar-refractivity contribution in [1.82, 2.24) is 20.9 Å². The highest BCUT2D eigenvalue weighted by atomic mass is 16.6. The van der Waals surface area contributed by atoms with Crippen LogP contribution in [0.3, 0.4) is 0 Å². The predicted molar refractivity (Wildman–Crippen MR) is 141 cm³/mol. The lowest BCUT2D eigenvalue weighted by molar-refractivity contribution is -0.144. The number of carbonyl (C=O) groups is 4. The molecular formula is C27H50N4O5. The Bertz CT molecular complexity index is 726. The third kappa shape index (κ3) is 9.97. The second-order valence-corrected chi connectivity index (χ2v) is 10.9. The van der Waals surface area contributed by atoms with Crippen LogP contribution in [0.4, 0.5) is 4.79 Å². The molecule has 3 rings (SSSR count). The van der Waals surface area contributed by atoms with Crippen molar-refractivity contribution in [2.24, 2.45) is 5.92 Å². The average molecular weight is 511 g/mol. The van der Waals surface area contributed by atoms with Crippen molar-refractivity contribution >= 4 is 23.8 Å². The minimum absolute atomic E-state index is 0.0272. The van der Waals surface area contributed by atoms with Gasteiger partial charge in [0.05, 0.1) is 0 Å². The molecule has 4 amide bonds. The van der Waals surface area contributed by atoms with Gasteiger partial charge < -0.3 is 25.6 Å². The van der Waals surface area contributed by atoms with Gasteiger partial charge in [0.15, 0.2) is 0 Å². The van der Waals surface area contributed by atoms with Crippen molar-refractivity contribution in [3.8, 4) is 0 Å². The lowest BCUT2D eigenvalue weighted by atomic mass is 9.96. The highest BCUT2D eigenvalue weighted by molar-refractivity contribution is 5.92. The van der Waals surface area contributed by atoms with Crippen LogP contribution in [0.5, 0.6) is 0 Å². The summed E-state index contributed by atoms with van der Waals surface area (Å²) in [5.74, 6) is 0.175. The summed E-state index contributed by atoms with van der Waals surface area (Å²) in [6.07, 6.45) is 6.22. The number of fused-ring (bicyclic) bond motifs is 2. The van der Waals surface area contributed by atoms with Gasteiger partial charge in [0.25, 0.3) is 0 Å². The molecule has 4 atom stereocenters. The monoisotopic (exact) mass is 510 g/mol. The molecular weight excluding hydrogens is 460 g/mol. The van der Waals surface area contributed by atoms with E-state index >= 15 is 0 Å². The fourth-order valence-corrected chi connectivity index (χ4v) is 4.87. The summed E-state index contributed by atoms with van der Waals surface area (Å²) >= 11 is 0. The van der Waals surface area contributed by atoms with E-state index in [1.807, 2.05) is 34.6 Å². The van der Waals surface area contributed by atoms with Gasteiger partial charge in [-0.15, -0.1) is 0 Å². The van der Waals surface area contributed by atoms with Crippen LogP contribution in [0.25, 0.3) is 0 Å². The molecule has 2 saturated heterocycles. The first-order chi connectivity index (χ1) is 16.9. The third-order valence-corrected chi connectivity index (χ3v) is 6.28. The number of hydrogen-bond donors (Lipinski definition) is 3. The number of nitrogens with one attached hydrogen (secondary N) is 3. The third-order valence-electron chi connectivity index (χ3n) is 6.28. The molecule has 3 unspecified atom stereocenters. The molecule has 9 nitrogen and oxygen atoms in total. The number of ether oxygens (including phenoxy) is 1. The number of unbranched alkanes of at least 4 members (excludes halogenated alkanes) is 1. The van der Waals surface area contributed by atoms with E-state index in [-0.39, 0.29) is 35.7 Å². The summed E-state index contributed by atoms with van der Waals surface area (Å²) in [6.45, 7) is 16.2. The van der Waals surface area contributed by atoms with Crippen LogP contribution in [0.1, 0.15) is 107 Å². The zero-order valence-electron chi connectivity index (χ0n) is 23.7. The Hall–Kier alpha value is -2.32. The van der Waals surface area contributed by atoms with Crippen molar-refractivity contribution in [3.63, 3.8) is 0 Å². The lowest BCUT2D eigenvalue weighted by Gasteiger charge is -2.37. The fourth-order valence-electron chi connectivity index (χ4n) is 4.87. The van der Waals surface area contributed by atoms with E-state index in [1.165, 1.54) is 0 Å². The van der Waals surface area contributed by atoms with Crippen LogP contribution in [0, 0.1) is 5.92 Å². The molecule has 1 saturated carbocycles. The van der Waals surface area contributed by atoms with Crippen LogP contribution < -0.4 is 16.0 Å². The van der Waals surface area contributed by atoms with Gasteiger partial charge in [-0.2, -0.15) is 0 Å². The molecule has 36 heavy (non-hydrogen) atoms. The summed E-state index contributed by atoms with van der Waals surface area (Å²) < 4.78 is 5.35. The zero-order chi connectivity index (χ0) is 27.5. The molecule has 2 aliphatic heterocycles. The molecule has 208 valence electrons. The molecule has 1 aliphatic carbocycles. The first-order valence-electron chi connectivity index (χ1n) is 13.8. The van der Waals surface area contributed by atoms with Crippen LogP contribution >= 0.6 is 0 Å². The molecule has 3 fully saturated rings. The minimum Gasteiger partial charge on any atom is -0.444 e. The quantitative estimate of drug-likeness (QED) is 0.480. The smallest absolute Gasteiger partial charge is 0.408 e. The second-order valence-electron chi connectivity index (χ2n) is 10.9. The molecule has 0 aromatic rings. The van der Waals surface area contributed by atoms with Gasteiger partial charge in [-0.05, 0) is 72.6 Å². The highest BCUT2D eigenvalue weighted by Crippen LogP contribution is 2.43. The van der Waals surface area contributed by atoms with E-state index in [9.17, 15) is 19.2 Å². The Morgan fingerprint density at radius 1 is 1.14 bits per heavy atom. The summed E-state index contributed by atoms with van der Waals surface area (Å²) in [4.78, 5) is 50.4. The van der Waals surface area contributed by atoms with Crippen molar-refractivity contribution in [2.75, 3.05) is 6.54 Å². The SMILES string of the molecule is CC.CCCC[C@H](NC(=O)OC(C)(C)C)C(=O)N1C2CCC(C2)C1C(=O)NC(C)C.O=C1CCCN1. The number of piperidine rings is 1. The molecule has 0 aromatic carbocycles. The first-order valence-corrected chi connectivity index (χ1v) is 13.8. The summed E-state index contributed by atoms with van der Waals surface area (Å²) in [7, 11) is 0. The van der Waals surface area contributed by atoms with E-state index in [2.05, 4.69) is 16.0 Å².